The Balaban J connectivity index is 2.50. The molecule has 0 aliphatic rings. The fraction of sp³-hybridized carbons (Fsp3) is 0.600. The summed E-state index contributed by atoms with van der Waals surface area (Å²) in [7, 11) is 0. The fourth-order valence-electron chi connectivity index (χ4n) is 2.12. The van der Waals surface area contributed by atoms with Crippen LogP contribution in [0.4, 0.5) is 0 Å². The molecular formula is C15H25BrN2O. The molecule has 1 aromatic rings. The van der Waals surface area contributed by atoms with Crippen molar-refractivity contribution >= 4 is 15.9 Å². The SMILES string of the molecule is CCN(CCC(N)c1cccc(Br)c1)CC(C)(C)O. The number of nitrogens with zero attached hydrogens (tertiary/aromatic N) is 1. The standard InChI is InChI=1S/C15H25BrN2O/c1-4-18(11-15(2,3)19)9-8-14(17)12-6-5-7-13(16)10-12/h5-7,10,14,19H,4,8-9,11,17H2,1-3H3. The zero-order valence-corrected chi connectivity index (χ0v) is 13.7. The van der Waals surface area contributed by atoms with Gasteiger partial charge in [-0.1, -0.05) is 35.0 Å². The number of aliphatic hydroxyl groups is 1. The van der Waals surface area contributed by atoms with E-state index in [0.717, 1.165) is 29.5 Å². The first-order valence-corrected chi connectivity index (χ1v) is 7.57. The molecule has 0 spiro atoms. The van der Waals surface area contributed by atoms with Crippen LogP contribution in [-0.4, -0.2) is 35.2 Å². The molecule has 3 nitrogen and oxygen atoms in total. The molecule has 1 aromatic carbocycles. The van der Waals surface area contributed by atoms with Gasteiger partial charge in [0, 0.05) is 23.6 Å². The quantitative estimate of drug-likeness (QED) is 0.809. The second-order valence-electron chi connectivity index (χ2n) is 5.63. The summed E-state index contributed by atoms with van der Waals surface area (Å²) in [4.78, 5) is 2.23. The van der Waals surface area contributed by atoms with Crippen LogP contribution in [0.15, 0.2) is 28.7 Å². The maximum Gasteiger partial charge on any atom is 0.0718 e. The van der Waals surface area contributed by atoms with Crippen LogP contribution in [0.1, 0.15) is 38.8 Å². The lowest BCUT2D eigenvalue weighted by Gasteiger charge is -2.28. The van der Waals surface area contributed by atoms with E-state index in [2.05, 4.69) is 39.9 Å². The average molecular weight is 329 g/mol. The molecule has 19 heavy (non-hydrogen) atoms. The first kappa shape index (κ1) is 16.6. The van der Waals surface area contributed by atoms with Crippen LogP contribution in [0.5, 0.6) is 0 Å². The predicted octanol–water partition coefficient (Wildman–Crippen LogP) is 2.93. The van der Waals surface area contributed by atoms with E-state index in [1.807, 2.05) is 26.0 Å². The molecule has 0 fully saturated rings. The Labute approximate surface area is 124 Å². The van der Waals surface area contributed by atoms with Crippen molar-refractivity contribution in [3.05, 3.63) is 34.3 Å². The van der Waals surface area contributed by atoms with Gasteiger partial charge in [-0.15, -0.1) is 0 Å². The highest BCUT2D eigenvalue weighted by Gasteiger charge is 2.17. The third kappa shape index (κ3) is 6.52. The number of hydrogen-bond acceptors (Lipinski definition) is 3. The molecule has 1 atom stereocenters. The second kappa shape index (κ2) is 7.39. The van der Waals surface area contributed by atoms with Crippen molar-refractivity contribution in [1.82, 2.24) is 4.90 Å². The molecule has 0 heterocycles. The van der Waals surface area contributed by atoms with Crippen molar-refractivity contribution < 1.29 is 5.11 Å². The highest BCUT2D eigenvalue weighted by atomic mass is 79.9. The fourth-order valence-corrected chi connectivity index (χ4v) is 2.54. The van der Waals surface area contributed by atoms with Crippen LogP contribution < -0.4 is 5.73 Å². The van der Waals surface area contributed by atoms with E-state index in [4.69, 9.17) is 5.73 Å². The Hall–Kier alpha value is -0.420. The van der Waals surface area contributed by atoms with E-state index in [0.29, 0.717) is 6.54 Å². The van der Waals surface area contributed by atoms with Gasteiger partial charge in [-0.2, -0.15) is 0 Å². The van der Waals surface area contributed by atoms with E-state index < -0.39 is 5.60 Å². The molecule has 0 amide bonds. The molecule has 3 N–H and O–H groups in total. The first-order chi connectivity index (χ1) is 8.81. The minimum absolute atomic E-state index is 0.0355. The van der Waals surface area contributed by atoms with Crippen LogP contribution in [0.2, 0.25) is 0 Å². The molecule has 0 saturated heterocycles. The summed E-state index contributed by atoms with van der Waals surface area (Å²) in [5.74, 6) is 0. The third-order valence-electron chi connectivity index (χ3n) is 3.09. The third-order valence-corrected chi connectivity index (χ3v) is 3.58. The molecule has 0 aliphatic carbocycles. The Morgan fingerprint density at radius 3 is 2.63 bits per heavy atom. The average Bonchev–Trinajstić information content (AvgIpc) is 2.32. The summed E-state index contributed by atoms with van der Waals surface area (Å²) in [5, 5.41) is 9.86. The number of benzene rings is 1. The largest absolute Gasteiger partial charge is 0.389 e. The maximum atomic E-state index is 9.86. The Morgan fingerprint density at radius 2 is 2.11 bits per heavy atom. The van der Waals surface area contributed by atoms with E-state index in [-0.39, 0.29) is 6.04 Å². The number of hydrogen-bond donors (Lipinski definition) is 2. The number of likely N-dealkylation sites (N-methyl/N-ethyl adjacent to an activating group) is 1. The number of halogens is 1. The lowest BCUT2D eigenvalue weighted by Crippen LogP contribution is -2.39. The highest BCUT2D eigenvalue weighted by molar-refractivity contribution is 9.10. The molecule has 1 rings (SSSR count). The topological polar surface area (TPSA) is 49.5 Å². The summed E-state index contributed by atoms with van der Waals surface area (Å²) >= 11 is 3.46. The van der Waals surface area contributed by atoms with Gasteiger partial charge in [0.25, 0.3) is 0 Å². The Morgan fingerprint density at radius 1 is 1.42 bits per heavy atom. The molecule has 1 unspecified atom stereocenters. The second-order valence-corrected chi connectivity index (χ2v) is 6.55. The smallest absolute Gasteiger partial charge is 0.0718 e. The maximum absolute atomic E-state index is 9.86. The first-order valence-electron chi connectivity index (χ1n) is 6.77. The van der Waals surface area contributed by atoms with Crippen molar-refractivity contribution in [2.75, 3.05) is 19.6 Å². The van der Waals surface area contributed by atoms with Gasteiger partial charge >= 0.3 is 0 Å². The van der Waals surface area contributed by atoms with Crippen molar-refractivity contribution in [1.29, 1.82) is 0 Å². The van der Waals surface area contributed by atoms with Gasteiger partial charge in [0.15, 0.2) is 0 Å². The van der Waals surface area contributed by atoms with Gasteiger partial charge in [0.1, 0.15) is 0 Å². The molecule has 4 heteroatoms. The predicted molar refractivity (Wildman–Crippen MR) is 84.1 cm³/mol. The van der Waals surface area contributed by atoms with Crippen molar-refractivity contribution in [2.45, 2.75) is 38.8 Å². The lowest BCUT2D eigenvalue weighted by atomic mass is 10.0. The van der Waals surface area contributed by atoms with Crippen molar-refractivity contribution in [2.24, 2.45) is 5.73 Å². The van der Waals surface area contributed by atoms with Gasteiger partial charge in [0.05, 0.1) is 5.60 Å². The van der Waals surface area contributed by atoms with Crippen LogP contribution in [0.25, 0.3) is 0 Å². The molecule has 0 bridgehead atoms. The van der Waals surface area contributed by atoms with Crippen LogP contribution in [-0.2, 0) is 0 Å². The monoisotopic (exact) mass is 328 g/mol. The Bertz CT molecular complexity index is 390. The zero-order valence-electron chi connectivity index (χ0n) is 12.1. The van der Waals surface area contributed by atoms with Crippen molar-refractivity contribution in [3.8, 4) is 0 Å². The van der Waals surface area contributed by atoms with E-state index in [1.54, 1.807) is 0 Å². The van der Waals surface area contributed by atoms with E-state index >= 15 is 0 Å². The summed E-state index contributed by atoms with van der Waals surface area (Å²) in [6.07, 6.45) is 0.889. The molecule has 108 valence electrons. The molecule has 0 aliphatic heterocycles. The summed E-state index contributed by atoms with van der Waals surface area (Å²) in [6, 6.07) is 8.17. The highest BCUT2D eigenvalue weighted by Crippen LogP contribution is 2.19. The van der Waals surface area contributed by atoms with Gasteiger partial charge < -0.3 is 15.7 Å². The zero-order chi connectivity index (χ0) is 14.5. The summed E-state index contributed by atoms with van der Waals surface area (Å²) < 4.78 is 1.06. The molecule has 0 radical (unpaired) electrons. The minimum atomic E-state index is -0.657. The van der Waals surface area contributed by atoms with Gasteiger partial charge in [-0.3, -0.25) is 0 Å². The van der Waals surface area contributed by atoms with Crippen LogP contribution in [0.3, 0.4) is 0 Å². The number of rotatable bonds is 7. The summed E-state index contributed by atoms with van der Waals surface area (Å²) in [5.41, 5.74) is 6.71. The Kier molecular flexibility index (Phi) is 6.47. The molecular weight excluding hydrogens is 304 g/mol. The summed E-state index contributed by atoms with van der Waals surface area (Å²) in [6.45, 7) is 8.28. The van der Waals surface area contributed by atoms with E-state index in [1.165, 1.54) is 0 Å². The van der Waals surface area contributed by atoms with Crippen molar-refractivity contribution in [3.63, 3.8) is 0 Å². The lowest BCUT2D eigenvalue weighted by molar-refractivity contribution is 0.0370. The van der Waals surface area contributed by atoms with Crippen LogP contribution in [0, 0.1) is 0 Å². The van der Waals surface area contributed by atoms with Gasteiger partial charge in [0.2, 0.25) is 0 Å². The normalized spacial score (nSPS) is 13.8. The minimum Gasteiger partial charge on any atom is -0.389 e. The molecule has 0 aromatic heterocycles. The number of nitrogens with two attached hydrogens (primary N) is 1. The molecule has 0 saturated carbocycles. The van der Waals surface area contributed by atoms with Crippen LogP contribution >= 0.6 is 15.9 Å². The van der Waals surface area contributed by atoms with E-state index in [9.17, 15) is 5.11 Å². The van der Waals surface area contributed by atoms with Gasteiger partial charge in [-0.05, 0) is 44.5 Å². The van der Waals surface area contributed by atoms with Gasteiger partial charge in [-0.25, -0.2) is 0 Å².